The van der Waals surface area contributed by atoms with Gasteiger partial charge in [-0.2, -0.15) is 0 Å². The Hall–Kier alpha value is -1.81. The lowest BCUT2D eigenvalue weighted by atomic mass is 10.2. The predicted molar refractivity (Wildman–Crippen MR) is 82.8 cm³/mol. The highest BCUT2D eigenvalue weighted by molar-refractivity contribution is 9.10. The number of hydrogen-bond donors (Lipinski definition) is 1. The molecule has 130 valence electrons. The van der Waals surface area contributed by atoms with Gasteiger partial charge in [-0.1, -0.05) is 33.6 Å². The minimum atomic E-state index is -5.18. The molecule has 10 heteroatoms. The van der Waals surface area contributed by atoms with Gasteiger partial charge in [0.15, 0.2) is 11.6 Å². The van der Waals surface area contributed by atoms with Crippen LogP contribution in [0.4, 0.5) is 23.2 Å². The van der Waals surface area contributed by atoms with Crippen LogP contribution in [0, 0.1) is 12.7 Å². The molecule has 0 aliphatic rings. The minimum absolute atomic E-state index is 0.0381. The second kappa shape index (κ2) is 6.60. The van der Waals surface area contributed by atoms with Crippen LogP contribution in [-0.4, -0.2) is 14.8 Å². The van der Waals surface area contributed by atoms with Gasteiger partial charge in [0.2, 0.25) is 0 Å². The molecule has 0 fully saturated rings. The van der Waals surface area contributed by atoms with Crippen LogP contribution < -0.4 is 9.46 Å². The van der Waals surface area contributed by atoms with Crippen molar-refractivity contribution in [1.82, 2.24) is 0 Å². The molecule has 4 nitrogen and oxygen atoms in total. The van der Waals surface area contributed by atoms with Gasteiger partial charge in [-0.3, -0.25) is 4.72 Å². The van der Waals surface area contributed by atoms with Gasteiger partial charge in [-0.05, 0) is 31.2 Å². The Morgan fingerprint density at radius 3 is 2.25 bits per heavy atom. The summed E-state index contributed by atoms with van der Waals surface area (Å²) in [5.74, 6) is -2.63. The third kappa shape index (κ3) is 4.60. The van der Waals surface area contributed by atoms with E-state index in [-0.39, 0.29) is 9.37 Å². The maximum absolute atomic E-state index is 13.8. The first-order valence-corrected chi connectivity index (χ1v) is 8.60. The van der Waals surface area contributed by atoms with Crippen molar-refractivity contribution in [1.29, 1.82) is 0 Å². The van der Waals surface area contributed by atoms with Crippen molar-refractivity contribution in [3.63, 3.8) is 0 Å². The number of sulfonamides is 1. The van der Waals surface area contributed by atoms with E-state index < -0.39 is 33.6 Å². The van der Waals surface area contributed by atoms with Gasteiger partial charge in [0, 0.05) is 4.47 Å². The fourth-order valence-electron chi connectivity index (χ4n) is 1.78. The van der Waals surface area contributed by atoms with Crippen molar-refractivity contribution in [2.24, 2.45) is 0 Å². The number of anilines is 1. The van der Waals surface area contributed by atoms with Crippen LogP contribution in [0.3, 0.4) is 0 Å². The topological polar surface area (TPSA) is 55.4 Å². The molecule has 2 rings (SSSR count). The maximum Gasteiger partial charge on any atom is 0.573 e. The lowest BCUT2D eigenvalue weighted by molar-refractivity contribution is -0.275. The molecule has 24 heavy (non-hydrogen) atoms. The Kier molecular flexibility index (Phi) is 5.09. The number of hydrogen-bond acceptors (Lipinski definition) is 3. The highest BCUT2D eigenvalue weighted by Gasteiger charge is 2.34. The molecular weight excluding hydrogens is 418 g/mol. The molecule has 0 spiro atoms. The summed E-state index contributed by atoms with van der Waals surface area (Å²) in [4.78, 5) is -0.188. The molecule has 0 saturated carbocycles. The third-order valence-electron chi connectivity index (χ3n) is 2.80. The molecule has 0 amide bonds. The zero-order chi connectivity index (χ0) is 18.1. The van der Waals surface area contributed by atoms with Crippen molar-refractivity contribution in [2.75, 3.05) is 4.72 Å². The minimum Gasteiger partial charge on any atom is -0.400 e. The van der Waals surface area contributed by atoms with Crippen LogP contribution in [0.15, 0.2) is 45.8 Å². The van der Waals surface area contributed by atoms with E-state index in [4.69, 9.17) is 0 Å². The van der Waals surface area contributed by atoms with Crippen LogP contribution in [0.2, 0.25) is 0 Å². The third-order valence-corrected chi connectivity index (χ3v) is 4.64. The molecule has 2 aromatic rings. The normalized spacial score (nSPS) is 12.1. The quantitative estimate of drug-likeness (QED) is 0.725. The van der Waals surface area contributed by atoms with Crippen molar-refractivity contribution < 1.29 is 30.7 Å². The summed E-state index contributed by atoms with van der Waals surface area (Å²) in [5.41, 5.74) is 0.114. The molecule has 0 aromatic heterocycles. The SMILES string of the molecule is Cc1ccc(S(=O)(=O)Nc2cc(Br)cc(F)c2OC(F)(F)F)cc1. The summed E-state index contributed by atoms with van der Waals surface area (Å²) >= 11 is 2.89. The van der Waals surface area contributed by atoms with Gasteiger partial charge in [-0.25, -0.2) is 12.8 Å². The van der Waals surface area contributed by atoms with Crippen LogP contribution in [0.25, 0.3) is 0 Å². The van der Waals surface area contributed by atoms with Crippen molar-refractivity contribution >= 4 is 31.6 Å². The first kappa shape index (κ1) is 18.5. The lowest BCUT2D eigenvalue weighted by Gasteiger charge is -2.16. The molecule has 0 atom stereocenters. The van der Waals surface area contributed by atoms with Gasteiger partial charge in [0.05, 0.1) is 10.6 Å². The lowest BCUT2D eigenvalue weighted by Crippen LogP contribution is -2.20. The number of nitrogens with one attached hydrogen (secondary N) is 1. The van der Waals surface area contributed by atoms with E-state index in [0.717, 1.165) is 17.7 Å². The zero-order valence-electron chi connectivity index (χ0n) is 12.0. The Balaban J connectivity index is 2.46. The van der Waals surface area contributed by atoms with E-state index in [1.165, 1.54) is 24.3 Å². The monoisotopic (exact) mass is 427 g/mol. The van der Waals surface area contributed by atoms with E-state index in [9.17, 15) is 26.0 Å². The van der Waals surface area contributed by atoms with Gasteiger partial charge < -0.3 is 4.74 Å². The average molecular weight is 428 g/mol. The molecule has 1 N–H and O–H groups in total. The fraction of sp³-hybridized carbons (Fsp3) is 0.143. The summed E-state index contributed by atoms with van der Waals surface area (Å²) in [7, 11) is -4.23. The first-order chi connectivity index (χ1) is 11.0. The van der Waals surface area contributed by atoms with Gasteiger partial charge in [0.1, 0.15) is 0 Å². The molecule has 0 radical (unpaired) electrons. The Morgan fingerprint density at radius 1 is 1.12 bits per heavy atom. The van der Waals surface area contributed by atoms with Crippen molar-refractivity contribution in [3.05, 3.63) is 52.3 Å². The number of alkyl halides is 3. The van der Waals surface area contributed by atoms with Crippen LogP contribution >= 0.6 is 15.9 Å². The summed E-state index contributed by atoms with van der Waals surface area (Å²) in [6.07, 6.45) is -5.18. The highest BCUT2D eigenvalue weighted by atomic mass is 79.9. The number of halogens is 5. The summed E-state index contributed by atoms with van der Waals surface area (Å²) in [6, 6.07) is 7.28. The number of aryl methyl sites for hydroxylation is 1. The van der Waals surface area contributed by atoms with Crippen LogP contribution in [0.1, 0.15) is 5.56 Å². The Labute approximate surface area is 143 Å². The molecule has 0 unspecified atom stereocenters. The number of benzene rings is 2. The Bertz CT molecular complexity index is 852. The van der Waals surface area contributed by atoms with E-state index in [2.05, 4.69) is 20.7 Å². The maximum atomic E-state index is 13.8. The molecule has 0 saturated heterocycles. The summed E-state index contributed by atoms with van der Waals surface area (Å²) in [5, 5.41) is 0. The van der Waals surface area contributed by atoms with E-state index >= 15 is 0 Å². The van der Waals surface area contributed by atoms with Gasteiger partial charge in [0.25, 0.3) is 10.0 Å². The zero-order valence-corrected chi connectivity index (χ0v) is 14.4. The molecule has 0 heterocycles. The predicted octanol–water partition coefficient (Wildman–Crippen LogP) is 4.60. The summed E-state index contributed by atoms with van der Waals surface area (Å²) in [6.45, 7) is 1.74. The van der Waals surface area contributed by atoms with E-state index in [0.29, 0.717) is 0 Å². The second-order valence-corrected chi connectivity index (χ2v) is 7.33. The van der Waals surface area contributed by atoms with Crippen LogP contribution in [0.5, 0.6) is 5.75 Å². The van der Waals surface area contributed by atoms with Crippen molar-refractivity contribution in [3.8, 4) is 5.75 Å². The molecule has 0 bridgehead atoms. The first-order valence-electron chi connectivity index (χ1n) is 6.32. The molecule has 0 aliphatic carbocycles. The average Bonchev–Trinajstić information content (AvgIpc) is 2.42. The molecular formula is C14H10BrF4NO3S. The second-order valence-electron chi connectivity index (χ2n) is 4.73. The fourth-order valence-corrected chi connectivity index (χ4v) is 3.26. The van der Waals surface area contributed by atoms with Crippen molar-refractivity contribution in [2.45, 2.75) is 18.2 Å². The smallest absolute Gasteiger partial charge is 0.400 e. The standard InChI is InChI=1S/C14H10BrF4NO3S/c1-8-2-4-10(5-3-8)24(21,22)20-12-7-9(15)6-11(16)13(12)23-14(17,18)19/h2-7,20H,1H3. The summed E-state index contributed by atoms with van der Waals surface area (Å²) < 4.78 is 81.1. The molecule has 2 aromatic carbocycles. The van der Waals surface area contributed by atoms with E-state index in [1.807, 2.05) is 4.72 Å². The van der Waals surface area contributed by atoms with Crippen LogP contribution in [-0.2, 0) is 10.0 Å². The number of ether oxygens (including phenoxy) is 1. The van der Waals surface area contributed by atoms with Gasteiger partial charge in [-0.15, -0.1) is 13.2 Å². The van der Waals surface area contributed by atoms with E-state index in [1.54, 1.807) is 6.92 Å². The Morgan fingerprint density at radius 2 is 1.71 bits per heavy atom. The largest absolute Gasteiger partial charge is 0.573 e. The molecule has 0 aliphatic heterocycles. The van der Waals surface area contributed by atoms with Gasteiger partial charge >= 0.3 is 6.36 Å². The highest BCUT2D eigenvalue weighted by Crippen LogP contribution is 2.36. The number of rotatable bonds is 4.